The number of aromatic nitrogens is 2. The van der Waals surface area contributed by atoms with Crippen LogP contribution in [0.3, 0.4) is 0 Å². The maximum atomic E-state index is 3.38. The Labute approximate surface area is 309 Å². The number of para-hydroxylation sites is 4. The minimum Gasteiger partial charge on any atom is -0.355 e. The summed E-state index contributed by atoms with van der Waals surface area (Å²) in [5, 5.41) is 5.17. The Bertz CT molecular complexity index is 2810. The Morgan fingerprint density at radius 3 is 1.42 bits per heavy atom. The SMILES string of the molecule is Cc1ccc(C2(c3ccc(C)cc3)c3ccccc3-c3cccc(-n4c5ccccc5c5ccccc54)c32)cc1.c1ccc2c(c1)[nH]c1ccccc12. The molecule has 0 amide bonds. The van der Waals surface area contributed by atoms with Crippen molar-refractivity contribution >= 4 is 43.6 Å². The molecule has 0 fully saturated rings. The van der Waals surface area contributed by atoms with E-state index in [2.05, 4.69) is 211 Å². The molecule has 0 aliphatic heterocycles. The van der Waals surface area contributed by atoms with E-state index in [1.54, 1.807) is 0 Å². The molecular formula is C51H38N2. The first kappa shape index (κ1) is 31.1. The molecule has 10 aromatic rings. The number of H-pyrrole nitrogens is 1. The first-order valence-corrected chi connectivity index (χ1v) is 18.4. The molecule has 1 aliphatic rings. The maximum absolute atomic E-state index is 3.38. The third kappa shape index (κ3) is 4.72. The summed E-state index contributed by atoms with van der Waals surface area (Å²) in [6.07, 6.45) is 0. The molecule has 0 saturated heterocycles. The number of benzene rings is 8. The van der Waals surface area contributed by atoms with Crippen LogP contribution in [-0.2, 0) is 5.41 Å². The van der Waals surface area contributed by atoms with Crippen LogP contribution in [0.1, 0.15) is 33.4 Å². The molecule has 2 heterocycles. The molecule has 0 unspecified atom stereocenters. The fraction of sp³-hybridized carbons (Fsp3) is 0.0588. The summed E-state index contributed by atoms with van der Waals surface area (Å²) >= 11 is 0. The van der Waals surface area contributed by atoms with Crippen LogP contribution in [-0.4, -0.2) is 9.55 Å². The van der Waals surface area contributed by atoms with E-state index < -0.39 is 5.41 Å². The summed E-state index contributed by atoms with van der Waals surface area (Å²) in [5.41, 5.74) is 16.1. The van der Waals surface area contributed by atoms with Gasteiger partial charge in [0.1, 0.15) is 0 Å². The molecule has 1 aliphatic carbocycles. The van der Waals surface area contributed by atoms with Crippen molar-refractivity contribution in [3.8, 4) is 16.8 Å². The molecule has 2 aromatic heterocycles. The molecular weight excluding hydrogens is 641 g/mol. The van der Waals surface area contributed by atoms with Gasteiger partial charge in [-0.15, -0.1) is 0 Å². The van der Waals surface area contributed by atoms with E-state index in [4.69, 9.17) is 0 Å². The lowest BCUT2D eigenvalue weighted by molar-refractivity contribution is 0.761. The van der Waals surface area contributed by atoms with Gasteiger partial charge in [0.2, 0.25) is 0 Å². The van der Waals surface area contributed by atoms with Crippen LogP contribution in [0.4, 0.5) is 0 Å². The van der Waals surface area contributed by atoms with Crippen LogP contribution in [0.5, 0.6) is 0 Å². The van der Waals surface area contributed by atoms with Gasteiger partial charge < -0.3 is 9.55 Å². The maximum Gasteiger partial charge on any atom is 0.0734 e. The molecule has 252 valence electrons. The molecule has 2 nitrogen and oxygen atoms in total. The van der Waals surface area contributed by atoms with Crippen molar-refractivity contribution in [2.45, 2.75) is 19.3 Å². The van der Waals surface area contributed by atoms with Crippen LogP contribution in [0.15, 0.2) is 188 Å². The Morgan fingerprint density at radius 1 is 0.396 bits per heavy atom. The van der Waals surface area contributed by atoms with Gasteiger partial charge in [0, 0.05) is 38.1 Å². The molecule has 8 aromatic carbocycles. The predicted octanol–water partition coefficient (Wildman–Crippen LogP) is 13.1. The monoisotopic (exact) mass is 678 g/mol. The lowest BCUT2D eigenvalue weighted by Crippen LogP contribution is -2.30. The standard InChI is InChI=1S/C39H29N.C12H9N/c1-26-18-22-28(23-19-26)39(29-24-20-27(2)21-25-29)34-14-6-3-10-30(34)33-13-9-17-37(38(33)39)40-35-15-7-4-11-31(35)32-12-5-8-16-36(32)40;1-3-7-11-9(5-1)10-6-2-4-8-12(10)13-11/h3-25H,1-2H3;1-8,13H. The average molecular weight is 679 g/mol. The smallest absolute Gasteiger partial charge is 0.0734 e. The van der Waals surface area contributed by atoms with E-state index in [0.717, 1.165) is 0 Å². The summed E-state index contributed by atoms with van der Waals surface area (Å²) in [5.74, 6) is 0. The van der Waals surface area contributed by atoms with Crippen LogP contribution < -0.4 is 0 Å². The van der Waals surface area contributed by atoms with E-state index in [9.17, 15) is 0 Å². The molecule has 0 radical (unpaired) electrons. The lowest BCUT2D eigenvalue weighted by atomic mass is 9.67. The molecule has 1 N–H and O–H groups in total. The number of aromatic amines is 1. The highest BCUT2D eigenvalue weighted by molar-refractivity contribution is 6.10. The van der Waals surface area contributed by atoms with Crippen LogP contribution >= 0.6 is 0 Å². The zero-order chi connectivity index (χ0) is 35.5. The van der Waals surface area contributed by atoms with Gasteiger partial charge in [-0.1, -0.05) is 169 Å². The largest absolute Gasteiger partial charge is 0.355 e. The van der Waals surface area contributed by atoms with Gasteiger partial charge in [0.05, 0.1) is 22.1 Å². The van der Waals surface area contributed by atoms with Gasteiger partial charge in [-0.3, -0.25) is 0 Å². The zero-order valence-corrected chi connectivity index (χ0v) is 29.8. The van der Waals surface area contributed by atoms with Crippen molar-refractivity contribution in [1.82, 2.24) is 9.55 Å². The van der Waals surface area contributed by atoms with Gasteiger partial charge in [0.15, 0.2) is 0 Å². The Morgan fingerprint density at radius 2 is 0.849 bits per heavy atom. The highest BCUT2D eigenvalue weighted by atomic mass is 15.0. The number of hydrogen-bond acceptors (Lipinski definition) is 0. The van der Waals surface area contributed by atoms with Gasteiger partial charge in [-0.05, 0) is 72.0 Å². The molecule has 53 heavy (non-hydrogen) atoms. The molecule has 0 spiro atoms. The van der Waals surface area contributed by atoms with Gasteiger partial charge in [-0.25, -0.2) is 0 Å². The van der Waals surface area contributed by atoms with Gasteiger partial charge >= 0.3 is 0 Å². The predicted molar refractivity (Wildman–Crippen MR) is 223 cm³/mol. The minimum absolute atomic E-state index is 0.462. The van der Waals surface area contributed by atoms with Gasteiger partial charge in [-0.2, -0.15) is 0 Å². The zero-order valence-electron chi connectivity index (χ0n) is 29.8. The summed E-state index contributed by atoms with van der Waals surface area (Å²) < 4.78 is 2.49. The Balaban J connectivity index is 0.000000225. The van der Waals surface area contributed by atoms with E-state index in [1.165, 1.54) is 93.8 Å². The second-order valence-corrected chi connectivity index (χ2v) is 14.3. The number of fused-ring (bicyclic) bond motifs is 9. The van der Waals surface area contributed by atoms with Crippen molar-refractivity contribution in [1.29, 1.82) is 0 Å². The van der Waals surface area contributed by atoms with Crippen molar-refractivity contribution in [3.63, 3.8) is 0 Å². The van der Waals surface area contributed by atoms with Crippen molar-refractivity contribution < 1.29 is 0 Å². The molecule has 11 rings (SSSR count). The Kier molecular flexibility index (Phi) is 7.19. The van der Waals surface area contributed by atoms with Crippen molar-refractivity contribution in [2.24, 2.45) is 0 Å². The number of nitrogens with one attached hydrogen (secondary N) is 1. The highest BCUT2D eigenvalue weighted by Crippen LogP contribution is 2.58. The minimum atomic E-state index is -0.462. The van der Waals surface area contributed by atoms with E-state index in [-0.39, 0.29) is 0 Å². The second kappa shape index (κ2) is 12.3. The fourth-order valence-corrected chi connectivity index (χ4v) is 8.88. The van der Waals surface area contributed by atoms with Crippen LogP contribution in [0, 0.1) is 13.8 Å². The first-order valence-electron chi connectivity index (χ1n) is 18.4. The summed E-state index contributed by atoms with van der Waals surface area (Å²) in [6, 6.07) is 68.6. The van der Waals surface area contributed by atoms with Crippen LogP contribution in [0.25, 0.3) is 60.4 Å². The van der Waals surface area contributed by atoms with E-state index >= 15 is 0 Å². The number of aryl methyl sites for hydroxylation is 2. The van der Waals surface area contributed by atoms with Crippen molar-refractivity contribution in [3.05, 3.63) is 221 Å². The summed E-state index contributed by atoms with van der Waals surface area (Å²) in [7, 11) is 0. The molecule has 2 heteroatoms. The van der Waals surface area contributed by atoms with Crippen LogP contribution in [0.2, 0.25) is 0 Å². The van der Waals surface area contributed by atoms with E-state index in [1.807, 2.05) is 0 Å². The molecule has 0 atom stereocenters. The first-order chi connectivity index (χ1) is 26.1. The van der Waals surface area contributed by atoms with E-state index in [0.29, 0.717) is 0 Å². The van der Waals surface area contributed by atoms with Gasteiger partial charge in [0.25, 0.3) is 0 Å². The Hall–Kier alpha value is -6.64. The third-order valence-electron chi connectivity index (χ3n) is 11.2. The topological polar surface area (TPSA) is 20.7 Å². The third-order valence-corrected chi connectivity index (χ3v) is 11.2. The number of nitrogens with zero attached hydrogens (tertiary/aromatic N) is 1. The number of rotatable bonds is 3. The second-order valence-electron chi connectivity index (χ2n) is 14.3. The summed E-state index contributed by atoms with van der Waals surface area (Å²) in [4.78, 5) is 3.38. The normalized spacial score (nSPS) is 12.9. The number of hydrogen-bond donors (Lipinski definition) is 1. The highest BCUT2D eigenvalue weighted by Gasteiger charge is 2.48. The molecule has 0 saturated carbocycles. The fourth-order valence-electron chi connectivity index (χ4n) is 8.88. The average Bonchev–Trinajstić information content (AvgIpc) is 3.86. The lowest BCUT2D eigenvalue weighted by Gasteiger charge is -2.35. The van der Waals surface area contributed by atoms with Crippen molar-refractivity contribution in [2.75, 3.05) is 0 Å². The molecule has 0 bridgehead atoms. The summed E-state index contributed by atoms with van der Waals surface area (Å²) in [6.45, 7) is 4.34. The quantitative estimate of drug-likeness (QED) is 0.192.